The Hall–Kier alpha value is -1.34. The molecule has 21 heavy (non-hydrogen) atoms. The Morgan fingerprint density at radius 2 is 2.10 bits per heavy atom. The number of hydrogen-bond acceptors (Lipinski definition) is 5. The van der Waals surface area contributed by atoms with Gasteiger partial charge in [-0.1, -0.05) is 20.8 Å². The van der Waals surface area contributed by atoms with Gasteiger partial charge in [-0.3, -0.25) is 4.79 Å². The highest BCUT2D eigenvalue weighted by molar-refractivity contribution is 7.98. The van der Waals surface area contributed by atoms with Crippen molar-refractivity contribution >= 4 is 17.7 Å². The highest BCUT2D eigenvalue weighted by Gasteiger charge is 2.20. The van der Waals surface area contributed by atoms with Crippen LogP contribution in [0.1, 0.15) is 43.2 Å². The average Bonchev–Trinajstić information content (AvgIpc) is 2.32. The lowest BCUT2D eigenvalue weighted by molar-refractivity contribution is 0.0864. The molecule has 0 aliphatic carbocycles. The van der Waals surface area contributed by atoms with E-state index in [9.17, 15) is 14.7 Å². The van der Waals surface area contributed by atoms with Gasteiger partial charge < -0.3 is 15.4 Å². The highest BCUT2D eigenvalue weighted by atomic mass is 32.2. The maximum atomic E-state index is 12.2. The van der Waals surface area contributed by atoms with Gasteiger partial charge in [-0.15, -0.1) is 11.8 Å². The summed E-state index contributed by atoms with van der Waals surface area (Å²) in [6.07, 6.45) is 1.74. The standard InChI is InChI=1S/C14H23N3O3S/c1-8-10(12(21-5)17-13(20)16-8)11(19)15-7-9(18)6-14(2,3)4/h9,18H,6-7H2,1-5H3,(H,15,19)(H,16,17,20). The van der Waals surface area contributed by atoms with Crippen LogP contribution in [0.25, 0.3) is 0 Å². The second-order valence-electron chi connectivity index (χ2n) is 6.18. The predicted molar refractivity (Wildman–Crippen MR) is 83.8 cm³/mol. The van der Waals surface area contributed by atoms with Gasteiger partial charge in [-0.2, -0.15) is 4.98 Å². The number of nitrogens with one attached hydrogen (secondary N) is 2. The third-order valence-electron chi connectivity index (χ3n) is 2.85. The van der Waals surface area contributed by atoms with Crippen LogP contribution >= 0.6 is 11.8 Å². The first-order valence-corrected chi connectivity index (χ1v) is 7.97. The normalized spacial score (nSPS) is 13.0. The molecule has 1 heterocycles. The number of aryl methyl sites for hydroxylation is 1. The van der Waals surface area contributed by atoms with E-state index in [1.54, 1.807) is 13.2 Å². The molecule has 1 atom stereocenters. The lowest BCUT2D eigenvalue weighted by atomic mass is 9.89. The Kier molecular flexibility index (Phi) is 5.98. The van der Waals surface area contributed by atoms with E-state index < -0.39 is 11.8 Å². The van der Waals surface area contributed by atoms with Crippen LogP contribution in [0.4, 0.5) is 0 Å². The van der Waals surface area contributed by atoms with Crippen molar-refractivity contribution in [3.05, 3.63) is 21.7 Å². The van der Waals surface area contributed by atoms with Crippen LogP contribution in [0.2, 0.25) is 0 Å². The minimum atomic E-state index is -0.609. The molecular formula is C14H23N3O3S. The zero-order valence-corrected chi connectivity index (χ0v) is 13.9. The van der Waals surface area contributed by atoms with Crippen LogP contribution in [0.5, 0.6) is 0 Å². The number of aromatic amines is 1. The van der Waals surface area contributed by atoms with E-state index in [0.29, 0.717) is 22.7 Å². The summed E-state index contributed by atoms with van der Waals surface area (Å²) in [5.41, 5.74) is 0.345. The summed E-state index contributed by atoms with van der Waals surface area (Å²) < 4.78 is 0. The zero-order chi connectivity index (χ0) is 16.2. The number of aliphatic hydroxyl groups excluding tert-OH is 1. The average molecular weight is 313 g/mol. The molecule has 1 aromatic heterocycles. The molecule has 7 heteroatoms. The van der Waals surface area contributed by atoms with E-state index in [1.165, 1.54) is 11.8 Å². The number of aromatic nitrogens is 2. The van der Waals surface area contributed by atoms with Crippen molar-refractivity contribution in [1.82, 2.24) is 15.3 Å². The second kappa shape index (κ2) is 7.09. The number of carbonyl (C=O) groups excluding carboxylic acids is 1. The van der Waals surface area contributed by atoms with Crippen LogP contribution in [0, 0.1) is 12.3 Å². The summed E-state index contributed by atoms with van der Waals surface area (Å²) in [6.45, 7) is 7.91. The Morgan fingerprint density at radius 3 is 2.62 bits per heavy atom. The summed E-state index contributed by atoms with van der Waals surface area (Å²) in [4.78, 5) is 29.9. The smallest absolute Gasteiger partial charge is 0.346 e. The number of hydrogen-bond donors (Lipinski definition) is 3. The van der Waals surface area contributed by atoms with Crippen LogP contribution in [-0.2, 0) is 0 Å². The van der Waals surface area contributed by atoms with E-state index in [4.69, 9.17) is 0 Å². The molecule has 3 N–H and O–H groups in total. The van der Waals surface area contributed by atoms with E-state index in [0.717, 1.165) is 0 Å². The van der Waals surface area contributed by atoms with Crippen LogP contribution in [-0.4, -0.2) is 39.9 Å². The number of nitrogens with zero attached hydrogens (tertiary/aromatic N) is 1. The van der Waals surface area contributed by atoms with Crippen LogP contribution < -0.4 is 11.0 Å². The van der Waals surface area contributed by atoms with Crippen molar-refractivity contribution in [2.75, 3.05) is 12.8 Å². The second-order valence-corrected chi connectivity index (χ2v) is 6.97. The zero-order valence-electron chi connectivity index (χ0n) is 13.1. The van der Waals surface area contributed by atoms with Gasteiger partial charge in [0, 0.05) is 12.2 Å². The molecule has 0 aliphatic rings. The molecule has 1 amide bonds. The van der Waals surface area contributed by atoms with Crippen molar-refractivity contribution < 1.29 is 9.90 Å². The number of thioether (sulfide) groups is 1. The van der Waals surface area contributed by atoms with Gasteiger partial charge in [0.25, 0.3) is 5.91 Å². The van der Waals surface area contributed by atoms with Gasteiger partial charge >= 0.3 is 5.69 Å². The maximum absolute atomic E-state index is 12.2. The van der Waals surface area contributed by atoms with Crippen LogP contribution in [0.15, 0.2) is 9.82 Å². The Bertz CT molecular complexity index is 564. The molecule has 118 valence electrons. The van der Waals surface area contributed by atoms with Gasteiger partial charge in [-0.25, -0.2) is 4.79 Å². The van der Waals surface area contributed by atoms with Gasteiger partial charge in [0.1, 0.15) is 5.03 Å². The Balaban J connectivity index is 2.79. The van der Waals surface area contributed by atoms with E-state index >= 15 is 0 Å². The van der Waals surface area contributed by atoms with Gasteiger partial charge in [0.15, 0.2) is 0 Å². The summed E-state index contributed by atoms with van der Waals surface area (Å²) in [6, 6.07) is 0. The fourth-order valence-electron chi connectivity index (χ4n) is 2.05. The van der Waals surface area contributed by atoms with Crippen molar-refractivity contribution in [2.24, 2.45) is 5.41 Å². The number of aliphatic hydroxyl groups is 1. The topological polar surface area (TPSA) is 95.1 Å². The lowest BCUT2D eigenvalue weighted by Crippen LogP contribution is -2.35. The number of rotatable bonds is 5. The SMILES string of the molecule is CSc1nc(=O)[nH]c(C)c1C(=O)NCC(O)CC(C)(C)C. The van der Waals surface area contributed by atoms with Crippen molar-refractivity contribution in [3.8, 4) is 0 Å². The Labute approximate surface area is 128 Å². The molecule has 1 unspecified atom stereocenters. The first-order valence-electron chi connectivity index (χ1n) is 6.75. The quantitative estimate of drug-likeness (QED) is 0.563. The van der Waals surface area contributed by atoms with Gasteiger partial charge in [0.05, 0.1) is 11.7 Å². The molecule has 0 aromatic carbocycles. The van der Waals surface area contributed by atoms with Crippen molar-refractivity contribution in [1.29, 1.82) is 0 Å². The third-order valence-corrected chi connectivity index (χ3v) is 3.54. The van der Waals surface area contributed by atoms with Gasteiger partial charge in [0.2, 0.25) is 0 Å². The van der Waals surface area contributed by atoms with E-state index in [-0.39, 0.29) is 17.9 Å². The first kappa shape index (κ1) is 17.7. The van der Waals surface area contributed by atoms with E-state index in [2.05, 4.69) is 15.3 Å². The molecule has 0 fully saturated rings. The molecule has 1 aromatic rings. The lowest BCUT2D eigenvalue weighted by Gasteiger charge is -2.22. The highest BCUT2D eigenvalue weighted by Crippen LogP contribution is 2.21. The predicted octanol–water partition coefficient (Wildman–Crippen LogP) is 1.33. The summed E-state index contributed by atoms with van der Waals surface area (Å²) in [7, 11) is 0. The minimum absolute atomic E-state index is 0.00989. The largest absolute Gasteiger partial charge is 0.391 e. The molecule has 1 rings (SSSR count). The molecule has 0 radical (unpaired) electrons. The number of amides is 1. The van der Waals surface area contributed by atoms with Gasteiger partial charge in [-0.05, 0) is 25.0 Å². The monoisotopic (exact) mass is 313 g/mol. The molecule has 0 spiro atoms. The van der Waals surface area contributed by atoms with E-state index in [1.807, 2.05) is 20.8 Å². The first-order chi connectivity index (χ1) is 9.64. The fraction of sp³-hybridized carbons (Fsp3) is 0.643. The van der Waals surface area contributed by atoms with Crippen molar-refractivity contribution in [2.45, 2.75) is 45.2 Å². The number of carbonyl (C=O) groups is 1. The number of H-pyrrole nitrogens is 1. The molecule has 0 saturated carbocycles. The van der Waals surface area contributed by atoms with Crippen molar-refractivity contribution in [3.63, 3.8) is 0 Å². The molecule has 0 aliphatic heterocycles. The Morgan fingerprint density at radius 1 is 1.48 bits per heavy atom. The molecular weight excluding hydrogens is 290 g/mol. The third kappa shape index (κ3) is 5.51. The summed E-state index contributed by atoms with van der Waals surface area (Å²) in [5.74, 6) is -0.339. The van der Waals surface area contributed by atoms with Crippen LogP contribution in [0.3, 0.4) is 0 Å². The molecule has 0 bridgehead atoms. The maximum Gasteiger partial charge on any atom is 0.346 e. The summed E-state index contributed by atoms with van der Waals surface area (Å²) in [5, 5.41) is 13.0. The fourth-order valence-corrected chi connectivity index (χ4v) is 2.68. The minimum Gasteiger partial charge on any atom is -0.391 e. The molecule has 6 nitrogen and oxygen atoms in total. The molecule has 0 saturated heterocycles. The summed E-state index contributed by atoms with van der Waals surface area (Å²) >= 11 is 1.24.